The number of aromatic nitrogens is 2. The molecule has 0 spiro atoms. The Morgan fingerprint density at radius 3 is 3.06 bits per heavy atom. The minimum Gasteiger partial charge on any atom is -0.300 e. The van der Waals surface area contributed by atoms with Crippen molar-refractivity contribution < 1.29 is 4.79 Å². The van der Waals surface area contributed by atoms with Gasteiger partial charge in [-0.15, -0.1) is 11.8 Å². The maximum Gasteiger partial charge on any atom is 0.272 e. The maximum absolute atomic E-state index is 11.2. The molecule has 0 amide bonds. The predicted octanol–water partition coefficient (Wildman–Crippen LogP) is 3.51. The summed E-state index contributed by atoms with van der Waals surface area (Å²) in [5.41, 5.74) is 2.15. The van der Waals surface area contributed by atoms with Crippen LogP contribution in [0.2, 0.25) is 5.02 Å². The number of nitrogens with zero attached hydrogens (tertiary/aromatic N) is 2. The van der Waals surface area contributed by atoms with E-state index in [-0.39, 0.29) is 0 Å². The molecule has 1 aromatic heterocycles. The topological polar surface area (TPSA) is 34.9 Å². The monoisotopic (exact) mass is 284 g/mol. The Morgan fingerprint density at radius 1 is 1.47 bits per heavy atom. The number of hydrogen-bond donors (Lipinski definition) is 0. The number of hydrogen-bond acceptors (Lipinski definition) is 3. The lowest BCUT2D eigenvalue weighted by atomic mass is 10.3. The van der Waals surface area contributed by atoms with E-state index in [1.807, 2.05) is 22.8 Å². The van der Waals surface area contributed by atoms with Crippen molar-refractivity contribution >= 4 is 40.2 Å². The van der Waals surface area contributed by atoms with Crippen LogP contribution in [0.5, 0.6) is 0 Å². The maximum atomic E-state index is 11.2. The minimum atomic E-state index is -0.517. The first-order valence-corrected chi connectivity index (χ1v) is 6.60. The summed E-state index contributed by atoms with van der Waals surface area (Å²) < 4.78 is 1.89. The molecule has 0 fully saturated rings. The summed E-state index contributed by atoms with van der Waals surface area (Å²) in [5, 5.41) is 0.185. The summed E-state index contributed by atoms with van der Waals surface area (Å²) in [6, 6.07) is 5.64. The van der Waals surface area contributed by atoms with Crippen LogP contribution < -0.4 is 0 Å². The first-order chi connectivity index (χ1) is 8.16. The molecule has 2 aromatic rings. The van der Waals surface area contributed by atoms with Crippen LogP contribution in [-0.2, 0) is 5.75 Å². The van der Waals surface area contributed by atoms with Crippen LogP contribution in [0.3, 0.4) is 0 Å². The third-order valence-corrected chi connectivity index (χ3v) is 4.07. The molecule has 1 aromatic carbocycles. The highest BCUT2D eigenvalue weighted by Gasteiger charge is 2.23. The van der Waals surface area contributed by atoms with Crippen molar-refractivity contribution in [2.45, 2.75) is 10.6 Å². The Bertz CT molecular complexity index is 624. The van der Waals surface area contributed by atoms with Crippen LogP contribution in [0.15, 0.2) is 29.4 Å². The number of imidazole rings is 1. The van der Waals surface area contributed by atoms with Crippen molar-refractivity contribution in [2.75, 3.05) is 0 Å². The Kier molecular flexibility index (Phi) is 2.65. The van der Waals surface area contributed by atoms with E-state index in [0.29, 0.717) is 16.5 Å². The van der Waals surface area contributed by atoms with E-state index in [9.17, 15) is 4.79 Å². The molecule has 0 unspecified atom stereocenters. The van der Waals surface area contributed by atoms with E-state index < -0.39 is 5.24 Å². The largest absolute Gasteiger partial charge is 0.300 e. The molecule has 0 N–H and O–H groups in total. The molecule has 0 saturated heterocycles. The van der Waals surface area contributed by atoms with Crippen molar-refractivity contribution in [3.8, 4) is 5.69 Å². The minimum absolute atomic E-state index is 0.333. The van der Waals surface area contributed by atoms with Crippen LogP contribution in [0.4, 0.5) is 0 Å². The zero-order chi connectivity index (χ0) is 12.0. The normalized spacial score (nSPS) is 13.1. The first-order valence-electron chi connectivity index (χ1n) is 4.85. The van der Waals surface area contributed by atoms with Gasteiger partial charge in [0.05, 0.1) is 11.4 Å². The summed E-state index contributed by atoms with van der Waals surface area (Å²) >= 11 is 13.1. The van der Waals surface area contributed by atoms with Crippen LogP contribution in [0.1, 0.15) is 16.2 Å². The molecule has 6 heteroatoms. The number of benzene rings is 1. The van der Waals surface area contributed by atoms with E-state index in [1.165, 1.54) is 0 Å². The predicted molar refractivity (Wildman–Crippen MR) is 68.3 cm³/mol. The van der Waals surface area contributed by atoms with E-state index in [0.717, 1.165) is 16.3 Å². The van der Waals surface area contributed by atoms with Crippen molar-refractivity contribution in [2.24, 2.45) is 0 Å². The van der Waals surface area contributed by atoms with Gasteiger partial charge in [-0.25, -0.2) is 4.98 Å². The molecule has 1 aliphatic heterocycles. The first kappa shape index (κ1) is 11.1. The Balaban J connectivity index is 2.21. The molecule has 0 saturated carbocycles. The lowest BCUT2D eigenvalue weighted by Crippen LogP contribution is -2.07. The number of carbonyl (C=O) groups excluding carboxylic acids is 1. The zero-order valence-corrected chi connectivity index (χ0v) is 10.8. The second kappa shape index (κ2) is 4.05. The van der Waals surface area contributed by atoms with Gasteiger partial charge < -0.3 is 4.57 Å². The molecule has 3 rings (SSSR count). The standard InChI is InChI=1S/C11H6Cl2N2OS/c12-6-1-2-7-9(3-6)17-4-8-10(11(13)16)14-5-15(7)8/h1-3,5H,4H2. The summed E-state index contributed by atoms with van der Waals surface area (Å²) in [5.74, 6) is 0.668. The van der Waals surface area contributed by atoms with Crippen LogP contribution in [0, 0.1) is 0 Å². The molecule has 0 bridgehead atoms. The van der Waals surface area contributed by atoms with Gasteiger partial charge in [-0.3, -0.25) is 4.79 Å². The van der Waals surface area contributed by atoms with Gasteiger partial charge in [-0.05, 0) is 29.8 Å². The van der Waals surface area contributed by atoms with E-state index >= 15 is 0 Å². The van der Waals surface area contributed by atoms with Gasteiger partial charge in [0.1, 0.15) is 12.0 Å². The number of fused-ring (bicyclic) bond motifs is 3. The Morgan fingerprint density at radius 2 is 2.29 bits per heavy atom. The van der Waals surface area contributed by atoms with Crippen LogP contribution in [0.25, 0.3) is 5.69 Å². The fraction of sp³-hybridized carbons (Fsp3) is 0.0909. The third kappa shape index (κ3) is 1.76. The molecule has 0 atom stereocenters. The number of rotatable bonds is 1. The number of carbonyl (C=O) groups is 1. The highest BCUT2D eigenvalue weighted by atomic mass is 35.5. The number of thioether (sulfide) groups is 1. The highest BCUT2D eigenvalue weighted by molar-refractivity contribution is 7.98. The average Bonchev–Trinajstić information content (AvgIpc) is 2.72. The average molecular weight is 285 g/mol. The van der Waals surface area contributed by atoms with E-state index in [4.69, 9.17) is 23.2 Å². The fourth-order valence-electron chi connectivity index (χ4n) is 1.83. The van der Waals surface area contributed by atoms with Crippen molar-refractivity contribution in [3.63, 3.8) is 0 Å². The summed E-state index contributed by atoms with van der Waals surface area (Å²) in [7, 11) is 0. The van der Waals surface area contributed by atoms with Crippen LogP contribution >= 0.6 is 35.0 Å². The highest BCUT2D eigenvalue weighted by Crippen LogP contribution is 2.37. The lowest BCUT2D eigenvalue weighted by Gasteiger charge is -2.18. The van der Waals surface area contributed by atoms with Gasteiger partial charge in [0.2, 0.25) is 0 Å². The smallest absolute Gasteiger partial charge is 0.272 e. The summed E-state index contributed by atoms with van der Waals surface area (Å²) in [6.07, 6.45) is 1.62. The SMILES string of the molecule is O=C(Cl)c1ncn2c1CSc1cc(Cl)ccc1-2. The fourth-order valence-corrected chi connectivity index (χ4v) is 3.32. The summed E-state index contributed by atoms with van der Waals surface area (Å²) in [4.78, 5) is 16.3. The molecule has 86 valence electrons. The third-order valence-electron chi connectivity index (χ3n) is 2.60. The van der Waals surface area contributed by atoms with Crippen molar-refractivity contribution in [1.29, 1.82) is 0 Å². The second-order valence-electron chi connectivity index (χ2n) is 3.58. The van der Waals surface area contributed by atoms with Gasteiger partial charge in [-0.2, -0.15) is 0 Å². The van der Waals surface area contributed by atoms with Crippen LogP contribution in [-0.4, -0.2) is 14.8 Å². The second-order valence-corrected chi connectivity index (χ2v) is 5.38. The van der Waals surface area contributed by atoms with Gasteiger partial charge in [0.25, 0.3) is 5.24 Å². The Hall–Kier alpha value is -0.970. The molecule has 2 heterocycles. The molecule has 0 aliphatic carbocycles. The van der Waals surface area contributed by atoms with Gasteiger partial charge in [0.15, 0.2) is 0 Å². The van der Waals surface area contributed by atoms with E-state index in [1.54, 1.807) is 18.1 Å². The van der Waals surface area contributed by atoms with Gasteiger partial charge >= 0.3 is 0 Å². The molecular weight excluding hydrogens is 279 g/mol. The Labute approximate surface area is 112 Å². The molecule has 3 nitrogen and oxygen atoms in total. The number of halogens is 2. The van der Waals surface area contributed by atoms with Crippen molar-refractivity contribution in [3.05, 3.63) is 40.9 Å². The molecular formula is C11H6Cl2N2OS. The molecule has 1 aliphatic rings. The molecule has 0 radical (unpaired) electrons. The van der Waals surface area contributed by atoms with Crippen molar-refractivity contribution in [1.82, 2.24) is 9.55 Å². The van der Waals surface area contributed by atoms with Gasteiger partial charge in [-0.1, -0.05) is 11.6 Å². The lowest BCUT2D eigenvalue weighted by molar-refractivity contribution is 0.107. The van der Waals surface area contributed by atoms with Gasteiger partial charge in [0, 0.05) is 15.7 Å². The summed E-state index contributed by atoms with van der Waals surface area (Å²) in [6.45, 7) is 0. The zero-order valence-electron chi connectivity index (χ0n) is 8.48. The quantitative estimate of drug-likeness (QED) is 0.752. The molecule has 17 heavy (non-hydrogen) atoms. The van der Waals surface area contributed by atoms with E-state index in [2.05, 4.69) is 4.98 Å².